The topological polar surface area (TPSA) is 59.1 Å². The SMILES string of the molecule is CCC(NS(=O)(=O)c1cc(-c2nc(C)c(C)s2)cs1)c1cccs1. The summed E-state index contributed by atoms with van der Waals surface area (Å²) in [4.78, 5) is 6.69. The summed E-state index contributed by atoms with van der Waals surface area (Å²) in [5.74, 6) is 0. The molecule has 0 aliphatic rings. The summed E-state index contributed by atoms with van der Waals surface area (Å²) in [5.41, 5.74) is 1.86. The minimum atomic E-state index is -3.54. The third-order valence-corrected chi connectivity index (χ3v) is 8.73. The van der Waals surface area contributed by atoms with E-state index in [0.717, 1.165) is 26.0 Å². The molecule has 0 saturated heterocycles. The highest BCUT2D eigenvalue weighted by atomic mass is 32.2. The standard InChI is InChI=1S/C16H18N2O2S4/c1-4-13(14-6-5-7-21-14)18-24(19,20)15-8-12(9-22-15)16-17-10(2)11(3)23-16/h5-9,13,18H,4H2,1-3H3. The molecular weight excluding hydrogens is 380 g/mol. The molecule has 0 fully saturated rings. The summed E-state index contributed by atoms with van der Waals surface area (Å²) in [6.45, 7) is 5.97. The van der Waals surface area contributed by atoms with Crippen molar-refractivity contribution >= 4 is 44.0 Å². The molecule has 1 N–H and O–H groups in total. The average molecular weight is 399 g/mol. The number of rotatable bonds is 6. The summed E-state index contributed by atoms with van der Waals surface area (Å²) in [6.07, 6.45) is 0.711. The van der Waals surface area contributed by atoms with Crippen LogP contribution in [0.5, 0.6) is 0 Å². The molecule has 0 spiro atoms. The second kappa shape index (κ2) is 7.05. The predicted octanol–water partition coefficient (Wildman–Crippen LogP) is 4.98. The highest BCUT2D eigenvalue weighted by Crippen LogP contribution is 2.33. The fraction of sp³-hybridized carbons (Fsp3) is 0.312. The second-order valence-corrected chi connectivity index (χ2v) is 10.4. The Labute approximate surface area is 154 Å². The summed E-state index contributed by atoms with van der Waals surface area (Å²) in [5, 5.41) is 4.69. The first-order valence-corrected chi connectivity index (χ1v) is 11.5. The van der Waals surface area contributed by atoms with Crippen molar-refractivity contribution in [2.45, 2.75) is 37.4 Å². The van der Waals surface area contributed by atoms with Crippen LogP contribution in [0.2, 0.25) is 0 Å². The first-order valence-electron chi connectivity index (χ1n) is 7.49. The zero-order valence-corrected chi connectivity index (χ0v) is 16.8. The zero-order chi connectivity index (χ0) is 17.3. The second-order valence-electron chi connectivity index (χ2n) is 5.41. The summed E-state index contributed by atoms with van der Waals surface area (Å²) < 4.78 is 28.6. The third-order valence-electron chi connectivity index (χ3n) is 3.71. The van der Waals surface area contributed by atoms with Crippen molar-refractivity contribution in [1.82, 2.24) is 9.71 Å². The molecule has 24 heavy (non-hydrogen) atoms. The lowest BCUT2D eigenvalue weighted by molar-refractivity contribution is 0.555. The number of nitrogens with one attached hydrogen (secondary N) is 1. The Morgan fingerprint density at radius 3 is 2.67 bits per heavy atom. The Hall–Kier alpha value is -1.06. The molecule has 1 unspecified atom stereocenters. The van der Waals surface area contributed by atoms with Gasteiger partial charge in [-0.1, -0.05) is 13.0 Å². The lowest BCUT2D eigenvalue weighted by Gasteiger charge is -2.14. The zero-order valence-electron chi connectivity index (χ0n) is 13.6. The number of sulfonamides is 1. The minimum absolute atomic E-state index is 0.190. The molecule has 0 aliphatic carbocycles. The lowest BCUT2D eigenvalue weighted by atomic mass is 10.2. The molecule has 3 rings (SSSR count). The van der Waals surface area contributed by atoms with E-state index in [0.29, 0.717) is 10.6 Å². The van der Waals surface area contributed by atoms with E-state index in [1.807, 2.05) is 43.7 Å². The highest BCUT2D eigenvalue weighted by molar-refractivity contribution is 7.91. The van der Waals surface area contributed by atoms with E-state index in [2.05, 4.69) is 9.71 Å². The molecule has 8 heteroatoms. The number of nitrogens with zero attached hydrogens (tertiary/aromatic N) is 1. The molecule has 128 valence electrons. The van der Waals surface area contributed by atoms with Crippen molar-refractivity contribution in [3.8, 4) is 10.6 Å². The smallest absolute Gasteiger partial charge is 0.241 e. The lowest BCUT2D eigenvalue weighted by Crippen LogP contribution is -2.27. The van der Waals surface area contributed by atoms with Gasteiger partial charge in [-0.2, -0.15) is 0 Å². The molecule has 0 radical (unpaired) electrons. The van der Waals surface area contributed by atoms with Gasteiger partial charge in [0.25, 0.3) is 10.0 Å². The van der Waals surface area contributed by atoms with Crippen LogP contribution < -0.4 is 4.72 Å². The fourth-order valence-corrected chi connectivity index (χ4v) is 6.64. The summed E-state index contributed by atoms with van der Waals surface area (Å²) in [7, 11) is -3.54. The third kappa shape index (κ3) is 3.62. The number of hydrogen-bond acceptors (Lipinski definition) is 6. The molecule has 0 aliphatic heterocycles. The van der Waals surface area contributed by atoms with Crippen molar-refractivity contribution in [1.29, 1.82) is 0 Å². The summed E-state index contributed by atoms with van der Waals surface area (Å²) in [6, 6.07) is 5.42. The Morgan fingerprint density at radius 1 is 1.29 bits per heavy atom. The maximum atomic E-state index is 12.7. The van der Waals surface area contributed by atoms with E-state index >= 15 is 0 Å². The van der Waals surface area contributed by atoms with Crippen LogP contribution in [-0.4, -0.2) is 13.4 Å². The maximum Gasteiger partial charge on any atom is 0.250 e. The van der Waals surface area contributed by atoms with Crippen molar-refractivity contribution < 1.29 is 8.42 Å². The van der Waals surface area contributed by atoms with E-state index in [4.69, 9.17) is 0 Å². The van der Waals surface area contributed by atoms with Crippen molar-refractivity contribution in [3.05, 3.63) is 44.4 Å². The molecule has 3 aromatic heterocycles. The number of aryl methyl sites for hydroxylation is 2. The Kier molecular flexibility index (Phi) is 5.22. The minimum Gasteiger partial charge on any atom is -0.241 e. The van der Waals surface area contributed by atoms with E-state index in [9.17, 15) is 8.42 Å². The molecule has 0 amide bonds. The Bertz CT molecular complexity index is 904. The van der Waals surface area contributed by atoms with Crippen LogP contribution >= 0.6 is 34.0 Å². The van der Waals surface area contributed by atoms with Crippen molar-refractivity contribution in [3.63, 3.8) is 0 Å². The van der Waals surface area contributed by atoms with Gasteiger partial charge in [0.15, 0.2) is 0 Å². The molecular formula is C16H18N2O2S4. The predicted molar refractivity (Wildman–Crippen MR) is 103 cm³/mol. The van der Waals surface area contributed by atoms with Gasteiger partial charge in [-0.15, -0.1) is 34.0 Å². The molecule has 0 saturated carbocycles. The van der Waals surface area contributed by atoms with Crippen molar-refractivity contribution in [2.75, 3.05) is 0 Å². The van der Waals surface area contributed by atoms with Gasteiger partial charge in [0.05, 0.1) is 11.7 Å². The van der Waals surface area contributed by atoms with Gasteiger partial charge in [0.1, 0.15) is 9.22 Å². The van der Waals surface area contributed by atoms with Gasteiger partial charge in [-0.3, -0.25) is 0 Å². The molecule has 3 heterocycles. The molecule has 1 atom stereocenters. The number of thiophene rings is 2. The van der Waals surface area contributed by atoms with E-state index in [1.165, 1.54) is 11.3 Å². The normalized spacial score (nSPS) is 13.3. The molecule has 0 bridgehead atoms. The maximum absolute atomic E-state index is 12.7. The van der Waals surface area contributed by atoms with Crippen LogP contribution in [0.15, 0.2) is 33.2 Å². The van der Waals surface area contributed by atoms with Gasteiger partial charge < -0.3 is 0 Å². The molecule has 0 aromatic carbocycles. The quantitative estimate of drug-likeness (QED) is 0.637. The van der Waals surface area contributed by atoms with Crippen LogP contribution in [0.1, 0.15) is 34.8 Å². The molecule has 3 aromatic rings. The van der Waals surface area contributed by atoms with Gasteiger partial charge in [0, 0.05) is 20.7 Å². The molecule has 4 nitrogen and oxygen atoms in total. The van der Waals surface area contributed by atoms with E-state index in [-0.39, 0.29) is 6.04 Å². The van der Waals surface area contributed by atoms with Crippen LogP contribution in [0.25, 0.3) is 10.6 Å². The largest absolute Gasteiger partial charge is 0.250 e. The number of aromatic nitrogens is 1. The monoisotopic (exact) mass is 398 g/mol. The van der Waals surface area contributed by atoms with E-state index in [1.54, 1.807) is 28.7 Å². The van der Waals surface area contributed by atoms with Crippen molar-refractivity contribution in [2.24, 2.45) is 0 Å². The van der Waals surface area contributed by atoms with Crippen LogP contribution in [0.3, 0.4) is 0 Å². The van der Waals surface area contributed by atoms with Gasteiger partial charge in [0.2, 0.25) is 0 Å². The van der Waals surface area contributed by atoms with E-state index < -0.39 is 10.0 Å². The first kappa shape index (κ1) is 17.8. The van der Waals surface area contributed by atoms with Crippen LogP contribution in [0.4, 0.5) is 0 Å². The Balaban J connectivity index is 1.85. The first-order chi connectivity index (χ1) is 11.4. The average Bonchev–Trinajstić information content (AvgIpc) is 3.26. The number of thiazole rings is 1. The number of hydrogen-bond donors (Lipinski definition) is 1. The summed E-state index contributed by atoms with van der Waals surface area (Å²) >= 11 is 4.39. The van der Waals surface area contributed by atoms with Gasteiger partial charge >= 0.3 is 0 Å². The van der Waals surface area contributed by atoms with Gasteiger partial charge in [-0.25, -0.2) is 18.1 Å². The van der Waals surface area contributed by atoms with Crippen LogP contribution in [-0.2, 0) is 10.0 Å². The van der Waals surface area contributed by atoms with Crippen LogP contribution in [0, 0.1) is 13.8 Å². The highest BCUT2D eigenvalue weighted by Gasteiger charge is 2.23. The fourth-order valence-electron chi connectivity index (χ4n) is 2.24. The Morgan fingerprint density at radius 2 is 2.08 bits per heavy atom. The van der Waals surface area contributed by atoms with Gasteiger partial charge in [-0.05, 0) is 37.8 Å².